The maximum atomic E-state index is 13.2. The molecule has 9 heteroatoms. The molecule has 2 aromatic rings. The Bertz CT molecular complexity index is 1170. The molecule has 1 aromatic heterocycles. The van der Waals surface area contributed by atoms with E-state index in [-0.39, 0.29) is 18.1 Å². The highest BCUT2D eigenvalue weighted by atomic mass is 32.1. The number of Topliss-reactive ketones (excluding diaryl/α,β-unsaturated/α-hetero) is 1. The summed E-state index contributed by atoms with van der Waals surface area (Å²) in [6.45, 7) is 5.81. The molecule has 1 aliphatic carbocycles. The van der Waals surface area contributed by atoms with E-state index >= 15 is 0 Å². The van der Waals surface area contributed by atoms with E-state index in [2.05, 4.69) is 9.88 Å². The normalized spacial score (nSPS) is 22.0. The molecule has 5 rings (SSSR count). The third-order valence-electron chi connectivity index (χ3n) is 8.49. The summed E-state index contributed by atoms with van der Waals surface area (Å²) in [5.41, 5.74) is 3.27. The first kappa shape index (κ1) is 27.3. The third-order valence-corrected chi connectivity index (χ3v) is 9.71. The lowest BCUT2D eigenvalue weighted by Crippen LogP contribution is -2.32. The molecule has 0 atom stereocenters. The molecule has 0 bridgehead atoms. The van der Waals surface area contributed by atoms with E-state index in [0.717, 1.165) is 79.9 Å². The van der Waals surface area contributed by atoms with E-state index in [1.54, 1.807) is 4.90 Å². The van der Waals surface area contributed by atoms with Gasteiger partial charge in [0.15, 0.2) is 5.78 Å². The fourth-order valence-electron chi connectivity index (χ4n) is 6.22. The van der Waals surface area contributed by atoms with Crippen LogP contribution in [0.3, 0.4) is 0 Å². The fraction of sp³-hybridized carbons (Fsp3) is 0.621. The smallest absolute Gasteiger partial charge is 0.335 e. The van der Waals surface area contributed by atoms with Crippen molar-refractivity contribution in [2.45, 2.75) is 84.0 Å². The minimum atomic E-state index is -4.14. The Labute approximate surface area is 226 Å². The lowest BCUT2D eigenvalue weighted by atomic mass is 9.77. The van der Waals surface area contributed by atoms with Gasteiger partial charge in [0.05, 0.1) is 10.7 Å². The Kier molecular flexibility index (Phi) is 8.24. The van der Waals surface area contributed by atoms with E-state index in [4.69, 9.17) is 0 Å². The number of amides is 1. The van der Waals surface area contributed by atoms with Gasteiger partial charge in [-0.1, -0.05) is 25.0 Å². The second-order valence-corrected chi connectivity index (χ2v) is 12.2. The summed E-state index contributed by atoms with van der Waals surface area (Å²) in [4.78, 5) is 35.5. The van der Waals surface area contributed by atoms with Crippen LogP contribution in [0.4, 0.5) is 13.2 Å². The van der Waals surface area contributed by atoms with Gasteiger partial charge in [-0.2, -0.15) is 13.2 Å². The first-order chi connectivity index (χ1) is 18.2. The van der Waals surface area contributed by atoms with Gasteiger partial charge < -0.3 is 4.90 Å². The molecule has 1 amide bonds. The van der Waals surface area contributed by atoms with E-state index in [9.17, 15) is 22.8 Å². The van der Waals surface area contributed by atoms with Gasteiger partial charge in [-0.3, -0.25) is 14.5 Å². The van der Waals surface area contributed by atoms with Crippen LogP contribution in [0.5, 0.6) is 0 Å². The molecule has 3 aliphatic rings. The quantitative estimate of drug-likeness (QED) is 0.339. The van der Waals surface area contributed by atoms with Crippen molar-refractivity contribution in [3.8, 4) is 0 Å². The second-order valence-electron chi connectivity index (χ2n) is 11.1. The molecule has 0 spiro atoms. The van der Waals surface area contributed by atoms with Crippen molar-refractivity contribution >= 4 is 23.0 Å². The highest BCUT2D eigenvalue weighted by molar-refractivity contribution is 7.11. The van der Waals surface area contributed by atoms with E-state index < -0.39 is 12.6 Å². The zero-order valence-corrected chi connectivity index (χ0v) is 22.8. The van der Waals surface area contributed by atoms with Crippen molar-refractivity contribution in [2.75, 3.05) is 19.6 Å². The standard InChI is InChI=1S/C29H36F3N3O2S/c1-2-35-17-23-21(4-3-5-22(23)28(35)37)25(36)16-20-8-6-19(7-9-20)11-14-34-15-12-26-24(18-34)33-27(38-26)10-13-29(30,31)32/h3-5,19-20H,2,6-18H2,1H3. The van der Waals surface area contributed by atoms with Crippen molar-refractivity contribution in [1.82, 2.24) is 14.8 Å². The van der Waals surface area contributed by atoms with Gasteiger partial charge in [0.1, 0.15) is 0 Å². The molecule has 0 N–H and O–H groups in total. The van der Waals surface area contributed by atoms with Gasteiger partial charge >= 0.3 is 6.18 Å². The molecule has 3 heterocycles. The van der Waals surface area contributed by atoms with Crippen molar-refractivity contribution in [3.63, 3.8) is 0 Å². The predicted molar refractivity (Wildman–Crippen MR) is 141 cm³/mol. The Hall–Kier alpha value is -2.26. The zero-order valence-electron chi connectivity index (χ0n) is 22.0. The zero-order chi connectivity index (χ0) is 26.9. The first-order valence-corrected chi connectivity index (χ1v) is 14.7. The Balaban J connectivity index is 1.06. The van der Waals surface area contributed by atoms with Gasteiger partial charge in [-0.25, -0.2) is 4.98 Å². The minimum Gasteiger partial charge on any atom is -0.335 e. The molecular formula is C29H36F3N3O2S. The van der Waals surface area contributed by atoms with Crippen LogP contribution in [0, 0.1) is 11.8 Å². The predicted octanol–water partition coefficient (Wildman–Crippen LogP) is 6.44. The van der Waals surface area contributed by atoms with Gasteiger partial charge in [-0.15, -0.1) is 11.3 Å². The number of ketones is 1. The molecule has 206 valence electrons. The van der Waals surface area contributed by atoms with E-state index in [0.29, 0.717) is 41.9 Å². The maximum Gasteiger partial charge on any atom is 0.389 e. The van der Waals surface area contributed by atoms with Gasteiger partial charge in [0, 0.05) is 61.4 Å². The number of alkyl halides is 3. The first-order valence-electron chi connectivity index (χ1n) is 13.9. The van der Waals surface area contributed by atoms with Crippen LogP contribution < -0.4 is 0 Å². The molecule has 0 radical (unpaired) electrons. The summed E-state index contributed by atoms with van der Waals surface area (Å²) in [6, 6.07) is 5.54. The summed E-state index contributed by atoms with van der Waals surface area (Å²) in [6.07, 6.45) is 1.96. The van der Waals surface area contributed by atoms with Gasteiger partial charge in [0.25, 0.3) is 5.91 Å². The number of hydrogen-bond acceptors (Lipinski definition) is 5. The fourth-order valence-corrected chi connectivity index (χ4v) is 7.29. The Morgan fingerprint density at radius 3 is 2.63 bits per heavy atom. The number of fused-ring (bicyclic) bond motifs is 2. The van der Waals surface area contributed by atoms with Crippen molar-refractivity contribution in [1.29, 1.82) is 0 Å². The summed E-state index contributed by atoms with van der Waals surface area (Å²) in [5.74, 6) is 1.24. The number of halogens is 3. The highest BCUT2D eigenvalue weighted by Crippen LogP contribution is 2.35. The number of nitrogens with zero attached hydrogens (tertiary/aromatic N) is 3. The van der Waals surface area contributed by atoms with Crippen LogP contribution in [0.25, 0.3) is 0 Å². The van der Waals surface area contributed by atoms with E-state index in [1.807, 2.05) is 25.1 Å². The van der Waals surface area contributed by atoms with Crippen LogP contribution in [0.15, 0.2) is 18.2 Å². The molecule has 0 saturated heterocycles. The number of carbonyl (C=O) groups excluding carboxylic acids is 2. The van der Waals surface area contributed by atoms with E-state index in [1.165, 1.54) is 11.3 Å². The van der Waals surface area contributed by atoms with Crippen molar-refractivity contribution < 1.29 is 22.8 Å². The third kappa shape index (κ3) is 6.30. The number of aryl methyl sites for hydroxylation is 1. The summed E-state index contributed by atoms with van der Waals surface area (Å²) < 4.78 is 37.7. The van der Waals surface area contributed by atoms with Crippen LogP contribution in [0.2, 0.25) is 0 Å². The van der Waals surface area contributed by atoms with Crippen molar-refractivity contribution in [2.24, 2.45) is 11.8 Å². The average Bonchev–Trinajstić information content (AvgIpc) is 3.46. The summed E-state index contributed by atoms with van der Waals surface area (Å²) in [7, 11) is 0. The Morgan fingerprint density at radius 1 is 1.13 bits per heavy atom. The van der Waals surface area contributed by atoms with Crippen LogP contribution in [-0.4, -0.2) is 52.3 Å². The van der Waals surface area contributed by atoms with Crippen LogP contribution in [0.1, 0.15) is 93.7 Å². The van der Waals surface area contributed by atoms with Gasteiger partial charge in [-0.05, 0) is 62.6 Å². The SMILES string of the molecule is CCN1Cc2c(C(=O)CC3CCC(CCN4CCc5sc(CCC(F)(F)F)nc5C4)CC3)cccc2C1=O. The average molecular weight is 548 g/mol. The molecule has 1 fully saturated rings. The molecule has 5 nitrogen and oxygen atoms in total. The lowest BCUT2D eigenvalue weighted by molar-refractivity contribution is -0.134. The summed E-state index contributed by atoms with van der Waals surface area (Å²) >= 11 is 1.45. The van der Waals surface area contributed by atoms with Crippen LogP contribution >= 0.6 is 11.3 Å². The highest BCUT2D eigenvalue weighted by Gasteiger charge is 2.32. The second kappa shape index (κ2) is 11.5. The topological polar surface area (TPSA) is 53.5 Å². The molecule has 1 saturated carbocycles. The number of rotatable bonds is 9. The van der Waals surface area contributed by atoms with Crippen LogP contribution in [-0.2, 0) is 25.9 Å². The number of thiazole rings is 1. The molecule has 0 unspecified atom stereocenters. The number of aromatic nitrogens is 1. The maximum absolute atomic E-state index is 13.2. The molecule has 2 aliphatic heterocycles. The monoisotopic (exact) mass is 547 g/mol. The van der Waals surface area contributed by atoms with Gasteiger partial charge in [0.2, 0.25) is 0 Å². The molecule has 38 heavy (non-hydrogen) atoms. The number of benzene rings is 1. The lowest BCUT2D eigenvalue weighted by Gasteiger charge is -2.31. The molecule has 1 aromatic carbocycles. The number of hydrogen-bond donors (Lipinski definition) is 0. The Morgan fingerprint density at radius 2 is 1.89 bits per heavy atom. The largest absolute Gasteiger partial charge is 0.389 e. The number of carbonyl (C=O) groups is 2. The van der Waals surface area contributed by atoms with Crippen molar-refractivity contribution in [3.05, 3.63) is 50.5 Å². The minimum absolute atomic E-state index is 0.0189. The molecular weight excluding hydrogens is 511 g/mol. The summed E-state index contributed by atoms with van der Waals surface area (Å²) in [5, 5.41) is 0.608.